The highest BCUT2D eigenvalue weighted by Gasteiger charge is 2.10. The lowest BCUT2D eigenvalue weighted by atomic mass is 10.3. The molecule has 0 atom stereocenters. The molecule has 0 aliphatic carbocycles. The number of hydrogen-bond donors (Lipinski definition) is 1. The molecule has 0 saturated heterocycles. The van der Waals surface area contributed by atoms with Crippen molar-refractivity contribution in [3.63, 3.8) is 0 Å². The van der Waals surface area contributed by atoms with E-state index >= 15 is 0 Å². The first-order valence-electron chi connectivity index (χ1n) is 6.15. The molecule has 1 N–H and O–H groups in total. The SMILES string of the molecule is CCOCCCn1c(CC)cnc1SCC(=O)O. The topological polar surface area (TPSA) is 64.4 Å². The van der Waals surface area contributed by atoms with Crippen LogP contribution in [0.25, 0.3) is 0 Å². The minimum absolute atomic E-state index is 0.0472. The summed E-state index contributed by atoms with van der Waals surface area (Å²) in [6, 6.07) is 0. The molecule has 0 aliphatic heterocycles. The Labute approximate surface area is 112 Å². The predicted octanol–water partition coefficient (Wildman–Crippen LogP) is 2.05. The molecule has 6 heteroatoms. The second kappa shape index (κ2) is 8.16. The molecular weight excluding hydrogens is 252 g/mol. The molecule has 0 saturated carbocycles. The van der Waals surface area contributed by atoms with E-state index in [4.69, 9.17) is 9.84 Å². The van der Waals surface area contributed by atoms with E-state index in [1.165, 1.54) is 11.8 Å². The van der Waals surface area contributed by atoms with Crippen molar-refractivity contribution >= 4 is 17.7 Å². The molecule has 18 heavy (non-hydrogen) atoms. The van der Waals surface area contributed by atoms with Crippen LogP contribution in [0.3, 0.4) is 0 Å². The number of carboxylic acid groups (broad SMARTS) is 1. The zero-order valence-electron chi connectivity index (χ0n) is 10.9. The van der Waals surface area contributed by atoms with Crippen LogP contribution < -0.4 is 0 Å². The summed E-state index contributed by atoms with van der Waals surface area (Å²) in [6.07, 6.45) is 3.64. The summed E-state index contributed by atoms with van der Waals surface area (Å²) in [5, 5.41) is 9.48. The predicted molar refractivity (Wildman–Crippen MR) is 71.1 cm³/mol. The summed E-state index contributed by atoms with van der Waals surface area (Å²) in [5.74, 6) is -0.770. The second-order valence-corrected chi connectivity index (χ2v) is 4.71. The minimum Gasteiger partial charge on any atom is -0.481 e. The molecule has 0 fully saturated rings. The lowest BCUT2D eigenvalue weighted by Gasteiger charge is -2.10. The molecule has 0 amide bonds. The Morgan fingerprint density at radius 1 is 1.56 bits per heavy atom. The number of imidazole rings is 1. The van der Waals surface area contributed by atoms with Crippen molar-refractivity contribution in [1.82, 2.24) is 9.55 Å². The number of carboxylic acids is 1. The fourth-order valence-electron chi connectivity index (χ4n) is 1.62. The number of hydrogen-bond acceptors (Lipinski definition) is 4. The van der Waals surface area contributed by atoms with Gasteiger partial charge in [0.1, 0.15) is 0 Å². The van der Waals surface area contributed by atoms with Crippen LogP contribution in [-0.2, 0) is 22.5 Å². The molecule has 0 bridgehead atoms. The average Bonchev–Trinajstić information content (AvgIpc) is 2.74. The monoisotopic (exact) mass is 272 g/mol. The molecular formula is C12H20N2O3S. The van der Waals surface area contributed by atoms with Crippen LogP contribution in [0.4, 0.5) is 0 Å². The van der Waals surface area contributed by atoms with E-state index in [0.717, 1.165) is 43.5 Å². The molecule has 1 aromatic heterocycles. The highest BCUT2D eigenvalue weighted by Crippen LogP contribution is 2.19. The van der Waals surface area contributed by atoms with Crippen molar-refractivity contribution in [1.29, 1.82) is 0 Å². The number of rotatable bonds is 9. The first kappa shape index (κ1) is 15.0. The van der Waals surface area contributed by atoms with E-state index in [9.17, 15) is 4.79 Å². The van der Waals surface area contributed by atoms with Crippen LogP contribution in [0.15, 0.2) is 11.4 Å². The third kappa shape index (κ3) is 4.70. The van der Waals surface area contributed by atoms with Gasteiger partial charge in [0, 0.05) is 31.6 Å². The minimum atomic E-state index is -0.818. The third-order valence-corrected chi connectivity index (χ3v) is 3.44. The van der Waals surface area contributed by atoms with Crippen molar-refractivity contribution in [2.75, 3.05) is 19.0 Å². The normalized spacial score (nSPS) is 10.8. The molecule has 1 heterocycles. The van der Waals surface area contributed by atoms with Crippen LogP contribution in [0.5, 0.6) is 0 Å². The zero-order valence-corrected chi connectivity index (χ0v) is 11.7. The average molecular weight is 272 g/mol. The van der Waals surface area contributed by atoms with Gasteiger partial charge in [-0.15, -0.1) is 0 Å². The molecule has 0 unspecified atom stereocenters. The fraction of sp³-hybridized carbons (Fsp3) is 0.667. The lowest BCUT2D eigenvalue weighted by molar-refractivity contribution is -0.133. The van der Waals surface area contributed by atoms with E-state index < -0.39 is 5.97 Å². The van der Waals surface area contributed by atoms with Gasteiger partial charge in [-0.25, -0.2) is 4.98 Å². The van der Waals surface area contributed by atoms with Gasteiger partial charge >= 0.3 is 5.97 Å². The van der Waals surface area contributed by atoms with Gasteiger partial charge in [-0.3, -0.25) is 4.79 Å². The Hall–Kier alpha value is -1.01. The Balaban J connectivity index is 2.60. The largest absolute Gasteiger partial charge is 0.481 e. The van der Waals surface area contributed by atoms with Gasteiger partial charge in [0.2, 0.25) is 0 Å². The number of carbonyl (C=O) groups is 1. The van der Waals surface area contributed by atoms with E-state index in [1.807, 2.05) is 13.1 Å². The molecule has 102 valence electrons. The molecule has 0 aliphatic rings. The maximum atomic E-state index is 10.6. The summed E-state index contributed by atoms with van der Waals surface area (Å²) in [5.41, 5.74) is 1.14. The van der Waals surface area contributed by atoms with Gasteiger partial charge in [-0.1, -0.05) is 18.7 Å². The van der Waals surface area contributed by atoms with Crippen LogP contribution in [0.1, 0.15) is 26.0 Å². The van der Waals surface area contributed by atoms with Crippen LogP contribution >= 0.6 is 11.8 Å². The Morgan fingerprint density at radius 3 is 2.94 bits per heavy atom. The number of aryl methyl sites for hydroxylation is 1. The van der Waals surface area contributed by atoms with E-state index in [1.54, 1.807) is 0 Å². The van der Waals surface area contributed by atoms with Gasteiger partial charge < -0.3 is 14.4 Å². The van der Waals surface area contributed by atoms with Crippen molar-refractivity contribution in [2.24, 2.45) is 0 Å². The smallest absolute Gasteiger partial charge is 0.313 e. The number of aromatic nitrogens is 2. The van der Waals surface area contributed by atoms with Gasteiger partial charge in [0.05, 0.1) is 5.75 Å². The number of thioether (sulfide) groups is 1. The standard InChI is InChI=1S/C12H20N2O3S/c1-3-10-8-13-12(18-9-11(15)16)14(10)6-5-7-17-4-2/h8H,3-7,9H2,1-2H3,(H,15,16). The van der Waals surface area contributed by atoms with Crippen LogP contribution in [0.2, 0.25) is 0 Å². The Bertz CT molecular complexity index is 379. The summed E-state index contributed by atoms with van der Waals surface area (Å²) in [6.45, 7) is 6.32. The number of aliphatic carboxylic acids is 1. The van der Waals surface area contributed by atoms with E-state index in [0.29, 0.717) is 0 Å². The van der Waals surface area contributed by atoms with Crippen molar-refractivity contribution in [3.8, 4) is 0 Å². The second-order valence-electron chi connectivity index (χ2n) is 3.77. The van der Waals surface area contributed by atoms with Crippen molar-refractivity contribution < 1.29 is 14.6 Å². The van der Waals surface area contributed by atoms with Gasteiger partial charge in [-0.05, 0) is 19.8 Å². The zero-order chi connectivity index (χ0) is 13.4. The highest BCUT2D eigenvalue weighted by molar-refractivity contribution is 7.99. The van der Waals surface area contributed by atoms with Crippen molar-refractivity contribution in [3.05, 3.63) is 11.9 Å². The molecule has 5 nitrogen and oxygen atoms in total. The molecule has 0 spiro atoms. The van der Waals surface area contributed by atoms with Gasteiger partial charge in [-0.2, -0.15) is 0 Å². The molecule has 0 aromatic carbocycles. The quantitative estimate of drug-likeness (QED) is 0.550. The Morgan fingerprint density at radius 2 is 2.33 bits per heavy atom. The lowest BCUT2D eigenvalue weighted by Crippen LogP contribution is -2.08. The molecule has 1 rings (SSSR count). The maximum absolute atomic E-state index is 10.6. The van der Waals surface area contributed by atoms with Crippen LogP contribution in [0, 0.1) is 0 Å². The third-order valence-electron chi connectivity index (χ3n) is 2.46. The number of nitrogens with zero attached hydrogens (tertiary/aromatic N) is 2. The summed E-state index contributed by atoms with van der Waals surface area (Å²) >= 11 is 1.27. The first-order chi connectivity index (χ1) is 8.69. The van der Waals surface area contributed by atoms with Gasteiger partial charge in [0.25, 0.3) is 0 Å². The van der Waals surface area contributed by atoms with Gasteiger partial charge in [0.15, 0.2) is 5.16 Å². The maximum Gasteiger partial charge on any atom is 0.313 e. The summed E-state index contributed by atoms with van der Waals surface area (Å²) in [7, 11) is 0. The Kier molecular flexibility index (Phi) is 6.82. The van der Waals surface area contributed by atoms with Crippen LogP contribution in [-0.4, -0.2) is 39.6 Å². The molecule has 0 radical (unpaired) electrons. The van der Waals surface area contributed by atoms with Crippen molar-refractivity contribution in [2.45, 2.75) is 38.4 Å². The first-order valence-corrected chi connectivity index (χ1v) is 7.14. The fourth-order valence-corrected chi connectivity index (χ4v) is 2.37. The van der Waals surface area contributed by atoms with E-state index in [2.05, 4.69) is 16.5 Å². The highest BCUT2D eigenvalue weighted by atomic mass is 32.2. The van der Waals surface area contributed by atoms with E-state index in [-0.39, 0.29) is 5.75 Å². The molecule has 1 aromatic rings. The summed E-state index contributed by atoms with van der Waals surface area (Å²) in [4.78, 5) is 14.9. The summed E-state index contributed by atoms with van der Waals surface area (Å²) < 4.78 is 7.40. The number of ether oxygens (including phenoxy) is 1.